The van der Waals surface area contributed by atoms with Gasteiger partial charge in [0.25, 0.3) is 6.01 Å². The van der Waals surface area contributed by atoms with E-state index in [1.165, 1.54) is 7.11 Å². The highest BCUT2D eigenvalue weighted by molar-refractivity contribution is 6.38. The van der Waals surface area contributed by atoms with Crippen LogP contribution in [0.25, 0.3) is 11.1 Å². The number of oxazole rings is 1. The number of aromatic nitrogens is 1. The SMILES string of the molecule is COCOc1c(Cl)cc(Cl)cc1Nc1nc2cc(Cl)cc(Cl)c2o1. The van der Waals surface area contributed by atoms with E-state index in [1.54, 1.807) is 24.3 Å². The van der Waals surface area contributed by atoms with E-state index in [0.717, 1.165) is 0 Å². The fourth-order valence-corrected chi connectivity index (χ4v) is 3.12. The number of ether oxygens (including phenoxy) is 2. The first-order valence-corrected chi connectivity index (χ1v) is 8.12. The number of rotatable bonds is 5. The van der Waals surface area contributed by atoms with Crippen molar-refractivity contribution in [3.63, 3.8) is 0 Å². The molecule has 0 amide bonds. The zero-order valence-electron chi connectivity index (χ0n) is 12.2. The van der Waals surface area contributed by atoms with E-state index < -0.39 is 0 Å². The summed E-state index contributed by atoms with van der Waals surface area (Å²) in [6.07, 6.45) is 0. The van der Waals surface area contributed by atoms with Crippen LogP contribution in [0.15, 0.2) is 28.7 Å². The highest BCUT2D eigenvalue weighted by Crippen LogP contribution is 2.39. The molecule has 0 spiro atoms. The van der Waals surface area contributed by atoms with Crippen LogP contribution in [0.1, 0.15) is 0 Å². The van der Waals surface area contributed by atoms with Gasteiger partial charge >= 0.3 is 0 Å². The minimum atomic E-state index is 0.0189. The average molecular weight is 408 g/mol. The summed E-state index contributed by atoms with van der Waals surface area (Å²) in [7, 11) is 1.50. The highest BCUT2D eigenvalue weighted by Gasteiger charge is 2.15. The molecular weight excluding hydrogens is 398 g/mol. The molecule has 1 N–H and O–H groups in total. The molecule has 24 heavy (non-hydrogen) atoms. The molecule has 9 heteroatoms. The van der Waals surface area contributed by atoms with Gasteiger partial charge in [-0.1, -0.05) is 46.4 Å². The number of halogens is 4. The van der Waals surface area contributed by atoms with Gasteiger partial charge in [0.2, 0.25) is 0 Å². The maximum absolute atomic E-state index is 6.17. The molecule has 0 saturated carbocycles. The van der Waals surface area contributed by atoms with Gasteiger partial charge in [-0.3, -0.25) is 0 Å². The molecule has 3 aromatic rings. The van der Waals surface area contributed by atoms with Crippen molar-refractivity contribution < 1.29 is 13.9 Å². The summed E-state index contributed by atoms with van der Waals surface area (Å²) in [5.41, 5.74) is 1.40. The summed E-state index contributed by atoms with van der Waals surface area (Å²) in [5, 5.41) is 4.53. The van der Waals surface area contributed by atoms with Crippen molar-refractivity contribution in [3.05, 3.63) is 44.4 Å². The van der Waals surface area contributed by atoms with Gasteiger partial charge in [0, 0.05) is 17.2 Å². The Balaban J connectivity index is 2.00. The topological polar surface area (TPSA) is 56.5 Å². The van der Waals surface area contributed by atoms with Crippen molar-refractivity contribution in [2.24, 2.45) is 0 Å². The molecule has 5 nitrogen and oxygen atoms in total. The van der Waals surface area contributed by atoms with Crippen LogP contribution in [-0.2, 0) is 4.74 Å². The third-order valence-electron chi connectivity index (χ3n) is 2.98. The smallest absolute Gasteiger partial charge is 0.300 e. The number of benzene rings is 2. The van der Waals surface area contributed by atoms with Crippen molar-refractivity contribution in [2.75, 3.05) is 19.2 Å². The molecule has 0 unspecified atom stereocenters. The summed E-state index contributed by atoms with van der Waals surface area (Å²) in [6, 6.07) is 6.59. The summed E-state index contributed by atoms with van der Waals surface area (Å²) in [6.45, 7) is 0.0189. The maximum atomic E-state index is 6.17. The lowest BCUT2D eigenvalue weighted by atomic mass is 10.3. The van der Waals surface area contributed by atoms with Crippen LogP contribution in [0.4, 0.5) is 11.7 Å². The zero-order chi connectivity index (χ0) is 17.3. The largest absolute Gasteiger partial charge is 0.464 e. The van der Waals surface area contributed by atoms with E-state index in [4.69, 9.17) is 60.3 Å². The summed E-state index contributed by atoms with van der Waals surface area (Å²) in [5.74, 6) is 0.356. The maximum Gasteiger partial charge on any atom is 0.300 e. The van der Waals surface area contributed by atoms with Crippen LogP contribution in [0.2, 0.25) is 20.1 Å². The predicted octanol–water partition coefficient (Wildman–Crippen LogP) is 6.17. The first-order chi connectivity index (χ1) is 11.5. The predicted molar refractivity (Wildman–Crippen MR) is 96.3 cm³/mol. The number of hydrogen-bond acceptors (Lipinski definition) is 5. The van der Waals surface area contributed by atoms with E-state index in [1.807, 2.05) is 0 Å². The number of anilines is 2. The Morgan fingerprint density at radius 1 is 1.04 bits per heavy atom. The Kier molecular flexibility index (Phi) is 5.27. The lowest BCUT2D eigenvalue weighted by Gasteiger charge is -2.13. The van der Waals surface area contributed by atoms with Crippen LogP contribution in [-0.4, -0.2) is 18.9 Å². The molecule has 126 valence electrons. The average Bonchev–Trinajstić information content (AvgIpc) is 2.89. The number of methoxy groups -OCH3 is 1. The second kappa shape index (κ2) is 7.25. The van der Waals surface area contributed by atoms with Gasteiger partial charge in [0.15, 0.2) is 18.1 Å². The molecule has 0 aliphatic rings. The lowest BCUT2D eigenvalue weighted by molar-refractivity contribution is 0.0517. The summed E-state index contributed by atoms with van der Waals surface area (Å²) >= 11 is 24.3. The van der Waals surface area contributed by atoms with Crippen LogP contribution in [0.5, 0.6) is 5.75 Å². The summed E-state index contributed by atoms with van der Waals surface area (Å²) in [4.78, 5) is 4.29. The van der Waals surface area contributed by atoms with E-state index >= 15 is 0 Å². The zero-order valence-corrected chi connectivity index (χ0v) is 15.2. The lowest BCUT2D eigenvalue weighted by Crippen LogP contribution is -2.03. The van der Waals surface area contributed by atoms with Crippen molar-refractivity contribution in [1.82, 2.24) is 4.98 Å². The Hall–Kier alpha value is -1.37. The van der Waals surface area contributed by atoms with Gasteiger partial charge in [0.05, 0.1) is 15.7 Å². The van der Waals surface area contributed by atoms with Crippen LogP contribution in [0.3, 0.4) is 0 Å². The summed E-state index contributed by atoms with van der Waals surface area (Å²) < 4.78 is 16.0. The van der Waals surface area contributed by atoms with E-state index in [2.05, 4.69) is 10.3 Å². The molecular formula is C15H10Cl4N2O3. The van der Waals surface area contributed by atoms with Crippen molar-refractivity contribution in [3.8, 4) is 5.75 Å². The van der Waals surface area contributed by atoms with Gasteiger partial charge < -0.3 is 19.2 Å². The van der Waals surface area contributed by atoms with E-state index in [9.17, 15) is 0 Å². The second-order valence-electron chi connectivity index (χ2n) is 4.70. The van der Waals surface area contributed by atoms with Crippen LogP contribution in [0, 0.1) is 0 Å². The number of hydrogen-bond donors (Lipinski definition) is 1. The molecule has 1 aromatic heterocycles. The monoisotopic (exact) mass is 406 g/mol. The third-order valence-corrected chi connectivity index (χ3v) is 3.98. The van der Waals surface area contributed by atoms with Gasteiger partial charge in [-0.25, -0.2) is 0 Å². The first-order valence-electron chi connectivity index (χ1n) is 6.61. The second-order valence-corrected chi connectivity index (χ2v) is 6.38. The molecule has 2 aromatic carbocycles. The Labute approximate surface area is 157 Å². The van der Waals surface area contributed by atoms with E-state index in [0.29, 0.717) is 42.6 Å². The van der Waals surface area contributed by atoms with Crippen LogP contribution < -0.4 is 10.1 Å². The quantitative estimate of drug-likeness (QED) is 0.512. The normalized spacial score (nSPS) is 11.0. The molecule has 0 bridgehead atoms. The van der Waals surface area contributed by atoms with Crippen molar-refractivity contribution >= 4 is 69.2 Å². The van der Waals surface area contributed by atoms with Gasteiger partial charge in [-0.05, 0) is 24.3 Å². The van der Waals surface area contributed by atoms with Crippen LogP contribution >= 0.6 is 46.4 Å². The Bertz CT molecular complexity index is 898. The van der Waals surface area contributed by atoms with Gasteiger partial charge in [-0.2, -0.15) is 4.98 Å². The molecule has 0 aliphatic carbocycles. The minimum absolute atomic E-state index is 0.0189. The standard InChI is InChI=1S/C15H10Cl4N2O3/c1-22-6-23-13-9(18)2-7(16)4-11(13)20-15-21-12-5-8(17)3-10(19)14(12)24-15/h2-5H,6H2,1H3,(H,20,21). The number of nitrogens with zero attached hydrogens (tertiary/aromatic N) is 1. The molecule has 0 saturated heterocycles. The Morgan fingerprint density at radius 3 is 2.50 bits per heavy atom. The minimum Gasteiger partial charge on any atom is -0.464 e. The molecule has 0 aliphatic heterocycles. The third kappa shape index (κ3) is 3.66. The van der Waals surface area contributed by atoms with Crippen molar-refractivity contribution in [1.29, 1.82) is 0 Å². The fraction of sp³-hybridized carbons (Fsp3) is 0.133. The van der Waals surface area contributed by atoms with Crippen molar-refractivity contribution in [2.45, 2.75) is 0 Å². The molecule has 1 heterocycles. The fourth-order valence-electron chi connectivity index (χ4n) is 2.05. The van der Waals surface area contributed by atoms with Gasteiger partial charge in [-0.15, -0.1) is 0 Å². The number of fused-ring (bicyclic) bond motifs is 1. The highest BCUT2D eigenvalue weighted by atomic mass is 35.5. The molecule has 0 fully saturated rings. The van der Waals surface area contributed by atoms with E-state index in [-0.39, 0.29) is 12.8 Å². The molecule has 0 atom stereocenters. The first kappa shape index (κ1) is 17.5. The van der Waals surface area contributed by atoms with Gasteiger partial charge in [0.1, 0.15) is 5.52 Å². The molecule has 0 radical (unpaired) electrons. The Morgan fingerprint density at radius 2 is 1.75 bits per heavy atom. The molecule has 3 rings (SSSR count). The number of nitrogens with one attached hydrogen (secondary N) is 1.